The van der Waals surface area contributed by atoms with Crippen LogP contribution in [0.15, 0.2) is 60.7 Å². The number of nitrogens with one attached hydrogen (secondary N) is 1. The van der Waals surface area contributed by atoms with Gasteiger partial charge in [-0.2, -0.15) is 0 Å². The highest BCUT2D eigenvalue weighted by Crippen LogP contribution is 2.16. The van der Waals surface area contributed by atoms with Gasteiger partial charge in [-0.1, -0.05) is 30.3 Å². The molecular weight excluding hydrogens is 340 g/mol. The van der Waals surface area contributed by atoms with E-state index in [1.165, 1.54) is 0 Å². The second-order valence-electron chi connectivity index (χ2n) is 5.35. The zero-order valence-corrected chi connectivity index (χ0v) is 13.7. The molecule has 0 radical (unpaired) electrons. The van der Waals surface area contributed by atoms with Gasteiger partial charge in [0.2, 0.25) is 5.88 Å². The molecule has 132 valence electrons. The Labute approximate surface area is 148 Å². The Morgan fingerprint density at radius 1 is 1.00 bits per heavy atom. The van der Waals surface area contributed by atoms with E-state index in [4.69, 9.17) is 4.74 Å². The SMILES string of the molecule is O=C(NCCOc1ccc(-c2ccccc2)nn1)c1ccc(F)cc1F. The molecule has 0 aliphatic carbocycles. The Hall–Kier alpha value is -3.35. The summed E-state index contributed by atoms with van der Waals surface area (Å²) in [5.41, 5.74) is 1.44. The van der Waals surface area contributed by atoms with Crippen LogP contribution in [0, 0.1) is 11.6 Å². The van der Waals surface area contributed by atoms with Gasteiger partial charge in [0, 0.05) is 17.7 Å². The van der Waals surface area contributed by atoms with E-state index in [-0.39, 0.29) is 18.7 Å². The monoisotopic (exact) mass is 355 g/mol. The van der Waals surface area contributed by atoms with Gasteiger partial charge in [-0.3, -0.25) is 4.79 Å². The van der Waals surface area contributed by atoms with Crippen LogP contribution in [0.1, 0.15) is 10.4 Å². The minimum atomic E-state index is -0.911. The molecule has 3 rings (SSSR count). The molecule has 0 unspecified atom stereocenters. The second kappa shape index (κ2) is 8.15. The molecule has 7 heteroatoms. The lowest BCUT2D eigenvalue weighted by molar-refractivity contribution is 0.0942. The molecule has 0 fully saturated rings. The third-order valence-electron chi connectivity index (χ3n) is 3.52. The van der Waals surface area contributed by atoms with Gasteiger partial charge in [0.15, 0.2) is 0 Å². The molecule has 0 saturated carbocycles. The van der Waals surface area contributed by atoms with Crippen LogP contribution in [0.25, 0.3) is 11.3 Å². The van der Waals surface area contributed by atoms with Crippen molar-refractivity contribution in [1.82, 2.24) is 15.5 Å². The summed E-state index contributed by atoms with van der Waals surface area (Å²) in [6.07, 6.45) is 0. The highest BCUT2D eigenvalue weighted by Gasteiger charge is 2.11. The molecule has 1 aromatic heterocycles. The zero-order chi connectivity index (χ0) is 18.4. The Morgan fingerprint density at radius 2 is 1.81 bits per heavy atom. The Balaban J connectivity index is 1.48. The summed E-state index contributed by atoms with van der Waals surface area (Å²) in [5, 5.41) is 10.5. The Bertz CT molecular complexity index is 887. The molecule has 0 saturated heterocycles. The molecule has 0 spiro atoms. The molecule has 0 bridgehead atoms. The summed E-state index contributed by atoms with van der Waals surface area (Å²) in [6, 6.07) is 15.8. The van der Waals surface area contributed by atoms with Crippen LogP contribution in [0.2, 0.25) is 0 Å². The van der Waals surface area contributed by atoms with E-state index < -0.39 is 17.5 Å². The number of benzene rings is 2. The number of ether oxygens (including phenoxy) is 1. The molecule has 0 aliphatic rings. The fraction of sp³-hybridized carbons (Fsp3) is 0.105. The van der Waals surface area contributed by atoms with Crippen molar-refractivity contribution >= 4 is 5.91 Å². The van der Waals surface area contributed by atoms with Crippen molar-refractivity contribution < 1.29 is 18.3 Å². The van der Waals surface area contributed by atoms with Gasteiger partial charge in [-0.05, 0) is 18.2 Å². The van der Waals surface area contributed by atoms with Crippen molar-refractivity contribution in [1.29, 1.82) is 0 Å². The molecule has 5 nitrogen and oxygen atoms in total. The number of hydrogen-bond donors (Lipinski definition) is 1. The van der Waals surface area contributed by atoms with Gasteiger partial charge < -0.3 is 10.1 Å². The third kappa shape index (κ3) is 4.38. The summed E-state index contributed by atoms with van der Waals surface area (Å²) in [5.74, 6) is -1.98. The maximum atomic E-state index is 13.5. The first-order valence-electron chi connectivity index (χ1n) is 7.89. The largest absolute Gasteiger partial charge is 0.475 e. The highest BCUT2D eigenvalue weighted by atomic mass is 19.1. The summed E-state index contributed by atoms with van der Waals surface area (Å²) >= 11 is 0. The Morgan fingerprint density at radius 3 is 2.50 bits per heavy atom. The van der Waals surface area contributed by atoms with E-state index in [0.717, 1.165) is 23.4 Å². The minimum Gasteiger partial charge on any atom is -0.475 e. The average molecular weight is 355 g/mol. The number of rotatable bonds is 6. The van der Waals surface area contributed by atoms with Crippen LogP contribution in [-0.2, 0) is 0 Å². The fourth-order valence-electron chi connectivity index (χ4n) is 2.25. The van der Waals surface area contributed by atoms with Crippen molar-refractivity contribution in [2.24, 2.45) is 0 Å². The molecule has 1 N–H and O–H groups in total. The molecule has 0 aliphatic heterocycles. The van der Waals surface area contributed by atoms with Gasteiger partial charge >= 0.3 is 0 Å². The second-order valence-corrected chi connectivity index (χ2v) is 5.35. The van der Waals surface area contributed by atoms with E-state index in [1.54, 1.807) is 12.1 Å². The number of halogens is 2. The molecule has 1 amide bonds. The molecule has 2 aromatic carbocycles. The lowest BCUT2D eigenvalue weighted by atomic mass is 10.1. The van der Waals surface area contributed by atoms with Gasteiger partial charge in [0.1, 0.15) is 18.2 Å². The van der Waals surface area contributed by atoms with E-state index in [2.05, 4.69) is 15.5 Å². The molecule has 26 heavy (non-hydrogen) atoms. The first-order chi connectivity index (χ1) is 12.6. The van der Waals surface area contributed by atoms with Crippen molar-refractivity contribution in [3.63, 3.8) is 0 Å². The minimum absolute atomic E-state index is 0.133. The number of hydrogen-bond acceptors (Lipinski definition) is 4. The maximum absolute atomic E-state index is 13.5. The molecular formula is C19H15F2N3O2. The van der Waals surface area contributed by atoms with Crippen molar-refractivity contribution in [3.8, 4) is 17.1 Å². The Kier molecular flexibility index (Phi) is 5.48. The van der Waals surface area contributed by atoms with Crippen LogP contribution in [0.4, 0.5) is 8.78 Å². The number of carbonyl (C=O) groups is 1. The van der Waals surface area contributed by atoms with E-state index in [0.29, 0.717) is 11.9 Å². The normalized spacial score (nSPS) is 10.4. The number of amides is 1. The summed E-state index contributed by atoms with van der Waals surface area (Å²) in [4.78, 5) is 11.8. The number of carbonyl (C=O) groups excluding carboxylic acids is 1. The number of nitrogens with zero attached hydrogens (tertiary/aromatic N) is 2. The fourth-order valence-corrected chi connectivity index (χ4v) is 2.25. The van der Waals surface area contributed by atoms with Gasteiger partial charge in [0.25, 0.3) is 5.91 Å². The van der Waals surface area contributed by atoms with Crippen LogP contribution >= 0.6 is 0 Å². The standard InChI is InChI=1S/C19H15F2N3O2/c20-14-6-7-15(16(21)12-14)19(25)22-10-11-26-18-9-8-17(23-24-18)13-4-2-1-3-5-13/h1-9,12H,10-11H2,(H,22,25). The van der Waals surface area contributed by atoms with E-state index >= 15 is 0 Å². The summed E-state index contributed by atoms with van der Waals surface area (Å²) < 4.78 is 31.7. The van der Waals surface area contributed by atoms with Crippen molar-refractivity contribution in [3.05, 3.63) is 77.9 Å². The van der Waals surface area contributed by atoms with Crippen LogP contribution in [0.5, 0.6) is 5.88 Å². The van der Waals surface area contributed by atoms with Crippen LogP contribution < -0.4 is 10.1 Å². The van der Waals surface area contributed by atoms with Crippen LogP contribution in [-0.4, -0.2) is 29.3 Å². The smallest absolute Gasteiger partial charge is 0.254 e. The predicted molar refractivity (Wildman–Crippen MR) is 91.7 cm³/mol. The first kappa shape index (κ1) is 17.5. The molecule has 0 atom stereocenters. The van der Waals surface area contributed by atoms with Crippen molar-refractivity contribution in [2.75, 3.05) is 13.2 Å². The average Bonchev–Trinajstić information content (AvgIpc) is 2.66. The van der Waals surface area contributed by atoms with Crippen LogP contribution in [0.3, 0.4) is 0 Å². The summed E-state index contributed by atoms with van der Waals surface area (Å²) in [6.45, 7) is 0.270. The highest BCUT2D eigenvalue weighted by molar-refractivity contribution is 5.94. The van der Waals surface area contributed by atoms with Crippen molar-refractivity contribution in [2.45, 2.75) is 0 Å². The summed E-state index contributed by atoms with van der Waals surface area (Å²) in [7, 11) is 0. The lowest BCUT2D eigenvalue weighted by Gasteiger charge is -2.08. The van der Waals surface area contributed by atoms with E-state index in [1.807, 2.05) is 30.3 Å². The quantitative estimate of drug-likeness (QED) is 0.690. The van der Waals surface area contributed by atoms with Gasteiger partial charge in [-0.15, -0.1) is 10.2 Å². The zero-order valence-electron chi connectivity index (χ0n) is 13.7. The predicted octanol–water partition coefficient (Wildman–Crippen LogP) is 3.23. The van der Waals surface area contributed by atoms with Gasteiger partial charge in [-0.25, -0.2) is 8.78 Å². The van der Waals surface area contributed by atoms with E-state index in [9.17, 15) is 13.6 Å². The first-order valence-corrected chi connectivity index (χ1v) is 7.89. The van der Waals surface area contributed by atoms with Gasteiger partial charge in [0.05, 0.1) is 17.8 Å². The molecule has 3 aromatic rings. The lowest BCUT2D eigenvalue weighted by Crippen LogP contribution is -2.29. The maximum Gasteiger partial charge on any atom is 0.254 e. The molecule has 1 heterocycles. The third-order valence-corrected chi connectivity index (χ3v) is 3.52. The number of aromatic nitrogens is 2. The topological polar surface area (TPSA) is 64.1 Å².